The highest BCUT2D eigenvalue weighted by Gasteiger charge is 2.10. The van der Waals surface area contributed by atoms with E-state index in [1.807, 2.05) is 6.20 Å². The lowest BCUT2D eigenvalue weighted by atomic mass is 10.1. The summed E-state index contributed by atoms with van der Waals surface area (Å²) in [5.41, 5.74) is 1.31. The molecule has 0 spiro atoms. The van der Waals surface area contributed by atoms with E-state index in [1.165, 1.54) is 37.9 Å². The lowest BCUT2D eigenvalue weighted by Gasteiger charge is -2.26. The summed E-state index contributed by atoms with van der Waals surface area (Å²) in [6.07, 6.45) is 6.94. The van der Waals surface area contributed by atoms with E-state index in [9.17, 15) is 0 Å². The van der Waals surface area contributed by atoms with Crippen molar-refractivity contribution in [2.45, 2.75) is 39.2 Å². The minimum absolute atomic E-state index is 0.750. The molecule has 0 aromatic carbocycles. The van der Waals surface area contributed by atoms with Crippen molar-refractivity contribution in [2.75, 3.05) is 19.7 Å². The number of piperidine rings is 1. The molecule has 94 valence electrons. The van der Waals surface area contributed by atoms with Crippen LogP contribution < -0.4 is 4.74 Å². The quantitative estimate of drug-likeness (QED) is 0.783. The van der Waals surface area contributed by atoms with Crippen LogP contribution in [0.2, 0.25) is 0 Å². The van der Waals surface area contributed by atoms with Gasteiger partial charge < -0.3 is 4.74 Å². The van der Waals surface area contributed by atoms with Gasteiger partial charge in [0.25, 0.3) is 0 Å². The van der Waals surface area contributed by atoms with Crippen LogP contribution in [-0.4, -0.2) is 29.6 Å². The zero-order chi connectivity index (χ0) is 11.9. The summed E-state index contributed by atoms with van der Waals surface area (Å²) in [5, 5.41) is 0. The smallest absolute Gasteiger partial charge is 0.213 e. The van der Waals surface area contributed by atoms with E-state index in [0.717, 1.165) is 25.5 Å². The molecular weight excluding hydrogens is 212 g/mol. The van der Waals surface area contributed by atoms with Gasteiger partial charge in [0.15, 0.2) is 0 Å². The van der Waals surface area contributed by atoms with E-state index in [1.54, 1.807) is 0 Å². The molecule has 0 aliphatic carbocycles. The summed E-state index contributed by atoms with van der Waals surface area (Å²) >= 11 is 0. The van der Waals surface area contributed by atoms with Crippen LogP contribution in [0.25, 0.3) is 0 Å². The molecule has 2 heterocycles. The third kappa shape index (κ3) is 4.00. The van der Waals surface area contributed by atoms with Gasteiger partial charge in [-0.05, 0) is 44.0 Å². The predicted octanol–water partition coefficient (Wildman–Crippen LogP) is 2.86. The fraction of sp³-hybridized carbons (Fsp3) is 0.643. The molecule has 3 nitrogen and oxygen atoms in total. The molecule has 0 amide bonds. The van der Waals surface area contributed by atoms with Crippen molar-refractivity contribution in [3.63, 3.8) is 0 Å². The Morgan fingerprint density at radius 3 is 2.88 bits per heavy atom. The maximum Gasteiger partial charge on any atom is 0.213 e. The van der Waals surface area contributed by atoms with Crippen LogP contribution in [0.15, 0.2) is 18.3 Å². The van der Waals surface area contributed by atoms with Gasteiger partial charge in [0.1, 0.15) is 0 Å². The number of likely N-dealkylation sites (tertiary alicyclic amines) is 1. The van der Waals surface area contributed by atoms with Gasteiger partial charge in [-0.25, -0.2) is 4.98 Å². The second-order valence-electron chi connectivity index (χ2n) is 4.69. The van der Waals surface area contributed by atoms with Crippen LogP contribution in [0.4, 0.5) is 0 Å². The Bertz CT molecular complexity index is 335. The zero-order valence-electron chi connectivity index (χ0n) is 10.7. The highest BCUT2D eigenvalue weighted by molar-refractivity contribution is 5.20. The number of hydrogen-bond donors (Lipinski definition) is 0. The second-order valence-corrected chi connectivity index (χ2v) is 4.69. The highest BCUT2D eigenvalue weighted by atomic mass is 16.5. The minimum atomic E-state index is 0.750. The normalized spacial score (nSPS) is 17.0. The van der Waals surface area contributed by atoms with E-state index in [4.69, 9.17) is 4.74 Å². The van der Waals surface area contributed by atoms with E-state index < -0.39 is 0 Å². The molecule has 1 aliphatic rings. The molecule has 3 heteroatoms. The van der Waals surface area contributed by atoms with E-state index in [2.05, 4.69) is 28.9 Å². The molecule has 0 atom stereocenters. The van der Waals surface area contributed by atoms with Gasteiger partial charge in [0.05, 0.1) is 6.61 Å². The summed E-state index contributed by atoms with van der Waals surface area (Å²) in [4.78, 5) is 6.75. The van der Waals surface area contributed by atoms with Crippen molar-refractivity contribution in [3.8, 4) is 5.88 Å². The lowest BCUT2D eigenvalue weighted by Crippen LogP contribution is -2.29. The SMILES string of the molecule is CCCOc1cc(CN2CCCCC2)ccn1. The Morgan fingerprint density at radius 2 is 2.12 bits per heavy atom. The number of hydrogen-bond acceptors (Lipinski definition) is 3. The Hall–Kier alpha value is -1.09. The fourth-order valence-electron chi connectivity index (χ4n) is 2.21. The topological polar surface area (TPSA) is 25.4 Å². The third-order valence-electron chi connectivity index (χ3n) is 3.11. The minimum Gasteiger partial charge on any atom is -0.478 e. The molecule has 0 N–H and O–H groups in total. The summed E-state index contributed by atoms with van der Waals surface area (Å²) in [7, 11) is 0. The van der Waals surface area contributed by atoms with Crippen molar-refractivity contribution in [1.82, 2.24) is 9.88 Å². The summed E-state index contributed by atoms with van der Waals surface area (Å²) in [6, 6.07) is 4.16. The van der Waals surface area contributed by atoms with Gasteiger partial charge in [-0.2, -0.15) is 0 Å². The highest BCUT2D eigenvalue weighted by Crippen LogP contribution is 2.15. The third-order valence-corrected chi connectivity index (χ3v) is 3.11. The largest absolute Gasteiger partial charge is 0.478 e. The van der Waals surface area contributed by atoms with Crippen LogP contribution in [0.3, 0.4) is 0 Å². The van der Waals surface area contributed by atoms with E-state index >= 15 is 0 Å². The van der Waals surface area contributed by atoms with Gasteiger partial charge in [-0.15, -0.1) is 0 Å². The van der Waals surface area contributed by atoms with Gasteiger partial charge in [-0.1, -0.05) is 13.3 Å². The van der Waals surface area contributed by atoms with Gasteiger partial charge in [-0.3, -0.25) is 4.90 Å². The molecule has 0 bridgehead atoms. The number of ether oxygens (including phenoxy) is 1. The molecule has 0 radical (unpaired) electrons. The first-order valence-electron chi connectivity index (χ1n) is 6.68. The molecule has 1 fully saturated rings. The van der Waals surface area contributed by atoms with Crippen molar-refractivity contribution in [2.24, 2.45) is 0 Å². The monoisotopic (exact) mass is 234 g/mol. The molecule has 17 heavy (non-hydrogen) atoms. The molecule has 1 aliphatic heterocycles. The average Bonchev–Trinajstić information content (AvgIpc) is 2.38. The van der Waals surface area contributed by atoms with Crippen LogP contribution in [0.1, 0.15) is 38.2 Å². The standard InChI is InChI=1S/C14H22N2O/c1-2-10-17-14-11-13(6-7-15-14)12-16-8-4-3-5-9-16/h6-7,11H,2-5,8-10,12H2,1H3. The number of nitrogens with zero attached hydrogens (tertiary/aromatic N) is 2. The average molecular weight is 234 g/mol. The fourth-order valence-corrected chi connectivity index (χ4v) is 2.21. The second kappa shape index (κ2) is 6.60. The van der Waals surface area contributed by atoms with Crippen molar-refractivity contribution in [1.29, 1.82) is 0 Å². The molecule has 1 saturated heterocycles. The van der Waals surface area contributed by atoms with Crippen molar-refractivity contribution < 1.29 is 4.74 Å². The van der Waals surface area contributed by atoms with Crippen LogP contribution in [-0.2, 0) is 6.54 Å². The maximum atomic E-state index is 5.56. The van der Waals surface area contributed by atoms with Crippen LogP contribution in [0, 0.1) is 0 Å². The molecular formula is C14H22N2O. The predicted molar refractivity (Wildman–Crippen MR) is 69.2 cm³/mol. The summed E-state index contributed by atoms with van der Waals surface area (Å²) in [6.45, 7) is 6.35. The van der Waals surface area contributed by atoms with Crippen molar-refractivity contribution >= 4 is 0 Å². The Balaban J connectivity index is 1.90. The summed E-state index contributed by atoms with van der Waals surface area (Å²) < 4.78 is 5.56. The van der Waals surface area contributed by atoms with Gasteiger partial charge >= 0.3 is 0 Å². The summed E-state index contributed by atoms with van der Waals surface area (Å²) in [5.74, 6) is 0.765. The Kier molecular flexibility index (Phi) is 4.80. The maximum absolute atomic E-state index is 5.56. The number of aromatic nitrogens is 1. The number of rotatable bonds is 5. The first kappa shape index (κ1) is 12.4. The van der Waals surface area contributed by atoms with E-state index in [0.29, 0.717) is 0 Å². The molecule has 1 aromatic heterocycles. The number of pyridine rings is 1. The van der Waals surface area contributed by atoms with Crippen LogP contribution >= 0.6 is 0 Å². The molecule has 2 rings (SSSR count). The van der Waals surface area contributed by atoms with Gasteiger partial charge in [0.2, 0.25) is 5.88 Å². The lowest BCUT2D eigenvalue weighted by molar-refractivity contribution is 0.220. The molecule has 0 saturated carbocycles. The van der Waals surface area contributed by atoms with E-state index in [-0.39, 0.29) is 0 Å². The first-order valence-corrected chi connectivity index (χ1v) is 6.68. The Labute approximate surface area is 104 Å². The van der Waals surface area contributed by atoms with Crippen molar-refractivity contribution in [3.05, 3.63) is 23.9 Å². The molecule has 0 unspecified atom stereocenters. The first-order chi connectivity index (χ1) is 8.38. The molecule has 1 aromatic rings. The Morgan fingerprint density at radius 1 is 1.29 bits per heavy atom. The van der Waals surface area contributed by atoms with Crippen LogP contribution in [0.5, 0.6) is 5.88 Å². The van der Waals surface area contributed by atoms with Gasteiger partial charge in [0, 0.05) is 18.8 Å². The zero-order valence-corrected chi connectivity index (χ0v) is 10.7.